The van der Waals surface area contributed by atoms with Crippen LogP contribution in [0.1, 0.15) is 0 Å². The summed E-state index contributed by atoms with van der Waals surface area (Å²) in [5.41, 5.74) is 0. The first kappa shape index (κ1) is 17.6. The van der Waals surface area contributed by atoms with Crippen molar-refractivity contribution in [3.63, 3.8) is 0 Å². The third kappa shape index (κ3) is 4.37. The fourth-order valence-corrected chi connectivity index (χ4v) is 3.42. The molecular weight excluding hydrogens is 338 g/mol. The van der Waals surface area contributed by atoms with Gasteiger partial charge in [-0.1, -0.05) is 29.8 Å². The zero-order chi connectivity index (χ0) is 16.9. The molecular formula is C16H18ClNO4S. The molecule has 2 rings (SSSR count). The van der Waals surface area contributed by atoms with E-state index in [1.54, 1.807) is 0 Å². The lowest BCUT2D eigenvalue weighted by atomic mass is 10.3. The fraction of sp³-hybridized carbons (Fsp3) is 0.250. The zero-order valence-electron chi connectivity index (χ0n) is 12.9. The summed E-state index contributed by atoms with van der Waals surface area (Å²) >= 11 is 5.99. The Morgan fingerprint density at radius 2 is 1.83 bits per heavy atom. The van der Waals surface area contributed by atoms with Gasteiger partial charge in [0.15, 0.2) is 0 Å². The molecule has 0 atom stereocenters. The number of benzene rings is 2. The molecule has 5 nitrogen and oxygen atoms in total. The van der Waals surface area contributed by atoms with Crippen LogP contribution >= 0.6 is 11.6 Å². The van der Waals surface area contributed by atoms with Gasteiger partial charge in [0.1, 0.15) is 18.1 Å². The molecule has 0 saturated heterocycles. The van der Waals surface area contributed by atoms with Crippen LogP contribution in [0.25, 0.3) is 0 Å². The highest BCUT2D eigenvalue weighted by Crippen LogP contribution is 2.28. The SMILES string of the molecule is COc1ccc(S(=O)(=O)N(C)CCOc2ccccc2)cc1Cl. The molecule has 0 aliphatic heterocycles. The topological polar surface area (TPSA) is 55.8 Å². The third-order valence-corrected chi connectivity index (χ3v) is 5.40. The Labute approximate surface area is 141 Å². The molecule has 0 fully saturated rings. The number of methoxy groups -OCH3 is 1. The van der Waals surface area contributed by atoms with E-state index >= 15 is 0 Å². The number of hydrogen-bond acceptors (Lipinski definition) is 4. The van der Waals surface area contributed by atoms with Crippen molar-refractivity contribution in [2.75, 3.05) is 27.3 Å². The Balaban J connectivity index is 2.02. The van der Waals surface area contributed by atoms with Crippen LogP contribution in [0, 0.1) is 0 Å². The zero-order valence-corrected chi connectivity index (χ0v) is 14.5. The predicted octanol–water partition coefficient (Wildman–Crippen LogP) is 3.05. The molecule has 2 aromatic carbocycles. The van der Waals surface area contributed by atoms with Crippen LogP contribution in [0.3, 0.4) is 0 Å². The summed E-state index contributed by atoms with van der Waals surface area (Å²) < 4.78 is 36.8. The highest BCUT2D eigenvalue weighted by molar-refractivity contribution is 7.89. The van der Waals surface area contributed by atoms with Crippen LogP contribution in [0.2, 0.25) is 5.02 Å². The average molecular weight is 356 g/mol. The van der Waals surface area contributed by atoms with E-state index in [4.69, 9.17) is 21.1 Å². The molecule has 23 heavy (non-hydrogen) atoms. The Kier molecular flexibility index (Phi) is 5.87. The summed E-state index contributed by atoms with van der Waals surface area (Å²) in [7, 11) is -0.651. The quantitative estimate of drug-likeness (QED) is 0.766. The van der Waals surface area contributed by atoms with Crippen molar-refractivity contribution in [1.82, 2.24) is 4.31 Å². The van der Waals surface area contributed by atoms with E-state index in [1.165, 1.54) is 36.7 Å². The monoisotopic (exact) mass is 355 g/mol. The second-order valence-corrected chi connectivity index (χ2v) is 7.24. The van der Waals surface area contributed by atoms with Gasteiger partial charge in [-0.05, 0) is 30.3 Å². The second kappa shape index (κ2) is 7.68. The molecule has 0 spiro atoms. The molecule has 0 aliphatic carbocycles. The molecule has 0 aromatic heterocycles. The van der Waals surface area contributed by atoms with Crippen molar-refractivity contribution in [3.05, 3.63) is 53.6 Å². The second-order valence-electron chi connectivity index (χ2n) is 4.78. The number of halogens is 1. The number of ether oxygens (including phenoxy) is 2. The van der Waals surface area contributed by atoms with Crippen molar-refractivity contribution in [1.29, 1.82) is 0 Å². The van der Waals surface area contributed by atoms with Gasteiger partial charge in [-0.2, -0.15) is 4.31 Å². The summed E-state index contributed by atoms with van der Waals surface area (Å²) in [6.45, 7) is 0.477. The van der Waals surface area contributed by atoms with Crippen LogP contribution in [-0.4, -0.2) is 40.0 Å². The normalized spacial score (nSPS) is 11.5. The van der Waals surface area contributed by atoms with E-state index in [-0.39, 0.29) is 23.1 Å². The van der Waals surface area contributed by atoms with Crippen molar-refractivity contribution >= 4 is 21.6 Å². The average Bonchev–Trinajstić information content (AvgIpc) is 2.55. The van der Waals surface area contributed by atoms with E-state index in [9.17, 15) is 8.42 Å². The summed E-state index contributed by atoms with van der Waals surface area (Å²) in [5, 5.41) is 0.252. The smallest absolute Gasteiger partial charge is 0.242 e. The minimum absolute atomic E-state index is 0.116. The molecule has 0 heterocycles. The summed E-state index contributed by atoms with van der Waals surface area (Å²) in [4.78, 5) is 0.116. The van der Waals surface area contributed by atoms with Crippen LogP contribution in [0.5, 0.6) is 11.5 Å². The van der Waals surface area contributed by atoms with E-state index in [0.29, 0.717) is 11.5 Å². The highest BCUT2D eigenvalue weighted by atomic mass is 35.5. The Morgan fingerprint density at radius 3 is 2.43 bits per heavy atom. The van der Waals surface area contributed by atoms with Gasteiger partial charge in [-0.25, -0.2) is 8.42 Å². The van der Waals surface area contributed by atoms with Gasteiger partial charge in [-0.3, -0.25) is 0 Å². The molecule has 7 heteroatoms. The van der Waals surface area contributed by atoms with Gasteiger partial charge in [0.25, 0.3) is 0 Å². The molecule has 0 radical (unpaired) electrons. The lowest BCUT2D eigenvalue weighted by molar-refractivity contribution is 0.287. The maximum Gasteiger partial charge on any atom is 0.242 e. The molecule has 124 valence electrons. The number of likely N-dealkylation sites (N-methyl/N-ethyl adjacent to an activating group) is 1. The van der Waals surface area contributed by atoms with Gasteiger partial charge >= 0.3 is 0 Å². The predicted molar refractivity (Wildman–Crippen MR) is 89.8 cm³/mol. The van der Waals surface area contributed by atoms with E-state index < -0.39 is 10.0 Å². The standard InChI is InChI=1S/C16H18ClNO4S/c1-18(10-11-22-13-6-4-3-5-7-13)23(19,20)14-8-9-16(21-2)15(17)12-14/h3-9,12H,10-11H2,1-2H3. The lowest BCUT2D eigenvalue weighted by Crippen LogP contribution is -2.31. The van der Waals surface area contributed by atoms with Gasteiger partial charge < -0.3 is 9.47 Å². The molecule has 0 saturated carbocycles. The van der Waals surface area contributed by atoms with E-state index in [2.05, 4.69) is 0 Å². The number of rotatable bonds is 7. The van der Waals surface area contributed by atoms with E-state index in [0.717, 1.165) is 0 Å². The van der Waals surface area contributed by atoms with Gasteiger partial charge in [0.05, 0.1) is 17.0 Å². The van der Waals surface area contributed by atoms with Crippen LogP contribution in [0.4, 0.5) is 0 Å². The van der Waals surface area contributed by atoms with E-state index in [1.807, 2.05) is 30.3 Å². The largest absolute Gasteiger partial charge is 0.495 e. The van der Waals surface area contributed by atoms with Gasteiger partial charge in [-0.15, -0.1) is 0 Å². The molecule has 0 amide bonds. The van der Waals surface area contributed by atoms with Crippen molar-refractivity contribution in [3.8, 4) is 11.5 Å². The molecule has 0 aliphatic rings. The minimum atomic E-state index is -3.63. The maximum absolute atomic E-state index is 12.5. The fourth-order valence-electron chi connectivity index (χ4n) is 1.92. The first-order valence-electron chi connectivity index (χ1n) is 6.93. The number of nitrogens with zero attached hydrogens (tertiary/aromatic N) is 1. The van der Waals surface area contributed by atoms with Crippen molar-refractivity contribution < 1.29 is 17.9 Å². The van der Waals surface area contributed by atoms with Gasteiger partial charge in [0, 0.05) is 13.6 Å². The number of hydrogen-bond donors (Lipinski definition) is 0. The van der Waals surface area contributed by atoms with Crippen molar-refractivity contribution in [2.45, 2.75) is 4.90 Å². The maximum atomic E-state index is 12.5. The third-order valence-electron chi connectivity index (χ3n) is 3.25. The van der Waals surface area contributed by atoms with Crippen LogP contribution in [-0.2, 0) is 10.0 Å². The first-order chi connectivity index (χ1) is 10.9. The summed E-state index contributed by atoms with van der Waals surface area (Å²) in [6.07, 6.45) is 0. The molecule has 2 aromatic rings. The van der Waals surface area contributed by atoms with Gasteiger partial charge in [0.2, 0.25) is 10.0 Å². The molecule has 0 N–H and O–H groups in total. The lowest BCUT2D eigenvalue weighted by Gasteiger charge is -2.18. The summed E-state index contributed by atoms with van der Waals surface area (Å²) in [6, 6.07) is 13.6. The Morgan fingerprint density at radius 1 is 1.13 bits per heavy atom. The summed E-state index contributed by atoms with van der Waals surface area (Å²) in [5.74, 6) is 1.13. The van der Waals surface area contributed by atoms with Crippen LogP contribution < -0.4 is 9.47 Å². The number of sulfonamides is 1. The highest BCUT2D eigenvalue weighted by Gasteiger charge is 2.21. The Hall–Kier alpha value is -1.76. The molecule has 0 unspecified atom stereocenters. The first-order valence-corrected chi connectivity index (χ1v) is 8.74. The van der Waals surface area contributed by atoms with Crippen LogP contribution in [0.15, 0.2) is 53.4 Å². The Bertz CT molecular complexity index is 750. The molecule has 0 bridgehead atoms. The number of para-hydroxylation sites is 1. The van der Waals surface area contributed by atoms with Crippen molar-refractivity contribution in [2.24, 2.45) is 0 Å². The minimum Gasteiger partial charge on any atom is -0.495 e.